The highest BCUT2D eigenvalue weighted by Gasteiger charge is 2.35. The zero-order valence-corrected chi connectivity index (χ0v) is 33.7. The number of hydrogen-bond acceptors (Lipinski definition) is 2. The zero-order valence-electron chi connectivity index (χ0n) is 33.7. The maximum atomic E-state index is 11.9. The second kappa shape index (κ2) is 20.6. The third kappa shape index (κ3) is 12.3. The van der Waals surface area contributed by atoms with E-state index >= 15 is 0 Å². The van der Waals surface area contributed by atoms with Crippen LogP contribution in [0.3, 0.4) is 0 Å². The first-order chi connectivity index (χ1) is 23.7. The standard InChI is InChI=1S/C42H58O2.C4H6.C2H6/c1-9-30(40(44)28-43)14-12-10-11-13-15-33-26-38(29(33)2)39-27-34(31-16-21-35(22-17-31)41(3,4)5)20-25-37(39)32-18-23-36(24-19-32)42(6,7)8;1-3-4-2;1-2/h16-25,29-30,33,43H,9-15,26-28H2,1-8H3;1H,4H2,2H3;1-2H3/b39-38+;;. The average Bonchev–Trinajstić information content (AvgIpc) is 3.12. The van der Waals surface area contributed by atoms with Crippen molar-refractivity contribution in [1.29, 1.82) is 0 Å². The minimum atomic E-state index is -0.310. The van der Waals surface area contributed by atoms with Crippen molar-refractivity contribution in [3.05, 3.63) is 94.1 Å². The number of benzene rings is 2. The SMILES string of the molecule is C#CCC.CC.CCC(CCCCCCC1C/C(=C2/CC(c3ccc(C(C)(C)C)cc3)=CC=C2c2ccc(C(C)(C)C)cc2)C1C)C(=O)CO. The normalized spacial score (nSPS) is 19.3. The quantitative estimate of drug-likeness (QED) is 0.179. The Kier molecular flexibility index (Phi) is 17.8. The summed E-state index contributed by atoms with van der Waals surface area (Å²) in [5.74, 6) is 3.87. The molecule has 3 atom stereocenters. The predicted octanol–water partition coefficient (Wildman–Crippen LogP) is 13.1. The molecule has 50 heavy (non-hydrogen) atoms. The van der Waals surface area contributed by atoms with Crippen molar-refractivity contribution < 1.29 is 9.90 Å². The van der Waals surface area contributed by atoms with Crippen molar-refractivity contribution in [2.75, 3.05) is 6.61 Å². The molecule has 3 unspecified atom stereocenters. The number of carbonyl (C=O) groups excluding carboxylic acids is 1. The van der Waals surface area contributed by atoms with Crippen molar-refractivity contribution in [1.82, 2.24) is 0 Å². The van der Waals surface area contributed by atoms with Gasteiger partial charge in [-0.05, 0) is 93.7 Å². The number of ketones is 1. The fourth-order valence-electron chi connectivity index (χ4n) is 7.11. The molecule has 0 heterocycles. The summed E-state index contributed by atoms with van der Waals surface area (Å²) in [6.07, 6.45) is 20.4. The second-order valence-corrected chi connectivity index (χ2v) is 16.1. The molecule has 274 valence electrons. The molecule has 4 rings (SSSR count). The van der Waals surface area contributed by atoms with E-state index in [1.807, 2.05) is 20.8 Å². The molecule has 2 nitrogen and oxygen atoms in total. The van der Waals surface area contributed by atoms with Crippen LogP contribution in [0.5, 0.6) is 0 Å². The van der Waals surface area contributed by atoms with Gasteiger partial charge in [-0.1, -0.05) is 168 Å². The fourth-order valence-corrected chi connectivity index (χ4v) is 7.11. The highest BCUT2D eigenvalue weighted by molar-refractivity contribution is 5.89. The number of terminal acetylenes is 1. The van der Waals surface area contributed by atoms with Crippen molar-refractivity contribution >= 4 is 16.9 Å². The van der Waals surface area contributed by atoms with Crippen LogP contribution < -0.4 is 0 Å². The van der Waals surface area contributed by atoms with Gasteiger partial charge in [-0.3, -0.25) is 4.79 Å². The zero-order chi connectivity index (χ0) is 37.5. The Labute approximate surface area is 308 Å². The smallest absolute Gasteiger partial charge is 0.161 e. The van der Waals surface area contributed by atoms with Crippen LogP contribution in [0.4, 0.5) is 0 Å². The number of Topliss-reactive ketones (excluding diaryl/α,β-unsaturated/α-hetero) is 1. The van der Waals surface area contributed by atoms with Gasteiger partial charge in [0.05, 0.1) is 0 Å². The lowest BCUT2D eigenvalue weighted by molar-refractivity contribution is -0.126. The van der Waals surface area contributed by atoms with E-state index in [4.69, 9.17) is 6.42 Å². The molecule has 1 fully saturated rings. The molecule has 1 saturated carbocycles. The van der Waals surface area contributed by atoms with Crippen LogP contribution in [-0.2, 0) is 15.6 Å². The molecule has 2 heteroatoms. The number of hydrogen-bond donors (Lipinski definition) is 1. The molecule has 2 aliphatic rings. The number of carbonyl (C=O) groups is 1. The maximum Gasteiger partial charge on any atom is 0.161 e. The summed E-state index contributed by atoms with van der Waals surface area (Å²) in [5.41, 5.74) is 11.8. The lowest BCUT2D eigenvalue weighted by Crippen LogP contribution is -2.28. The number of unbranched alkanes of at least 4 members (excludes halogenated alkanes) is 3. The Morgan fingerprint density at radius 3 is 1.82 bits per heavy atom. The van der Waals surface area contributed by atoms with Gasteiger partial charge in [0.2, 0.25) is 0 Å². The van der Waals surface area contributed by atoms with Crippen LogP contribution in [0.2, 0.25) is 0 Å². The summed E-state index contributed by atoms with van der Waals surface area (Å²) < 4.78 is 0. The minimum absolute atomic E-state index is 0.0116. The molecule has 1 N–H and O–H groups in total. The van der Waals surface area contributed by atoms with Gasteiger partial charge in [-0.25, -0.2) is 0 Å². The Balaban J connectivity index is 0.00000135. The third-order valence-electron chi connectivity index (χ3n) is 10.6. The summed E-state index contributed by atoms with van der Waals surface area (Å²) in [6, 6.07) is 18.6. The lowest BCUT2D eigenvalue weighted by atomic mass is 9.64. The van der Waals surface area contributed by atoms with Crippen LogP contribution >= 0.6 is 0 Å². The highest BCUT2D eigenvalue weighted by atomic mass is 16.3. The predicted molar refractivity (Wildman–Crippen MR) is 219 cm³/mol. The lowest BCUT2D eigenvalue weighted by Gasteiger charge is -2.41. The molecule has 0 amide bonds. The number of rotatable bonds is 12. The largest absolute Gasteiger partial charge is 0.389 e. The van der Waals surface area contributed by atoms with E-state index in [1.54, 1.807) is 11.1 Å². The fraction of sp³-hybridized carbons (Fsp3) is 0.562. The van der Waals surface area contributed by atoms with Crippen molar-refractivity contribution in [2.24, 2.45) is 17.8 Å². The van der Waals surface area contributed by atoms with Crippen LogP contribution in [0.1, 0.15) is 163 Å². The Hall–Kier alpha value is -3.15. The Bertz CT molecular complexity index is 1460. The van der Waals surface area contributed by atoms with Crippen LogP contribution in [0, 0.1) is 30.1 Å². The summed E-state index contributed by atoms with van der Waals surface area (Å²) in [5, 5.41) is 9.18. The average molecular weight is 679 g/mol. The number of aliphatic hydroxyl groups is 1. The maximum absolute atomic E-state index is 11.9. The van der Waals surface area contributed by atoms with E-state index < -0.39 is 0 Å². The molecule has 0 radical (unpaired) electrons. The number of allylic oxidation sites excluding steroid dienone is 6. The van der Waals surface area contributed by atoms with Gasteiger partial charge >= 0.3 is 0 Å². The third-order valence-corrected chi connectivity index (χ3v) is 10.6. The summed E-state index contributed by atoms with van der Waals surface area (Å²) >= 11 is 0. The van der Waals surface area contributed by atoms with Crippen LogP contribution in [-0.4, -0.2) is 17.5 Å². The highest BCUT2D eigenvalue weighted by Crippen LogP contribution is 2.50. The molecular formula is C48H70O2. The Morgan fingerprint density at radius 2 is 1.36 bits per heavy atom. The van der Waals surface area contributed by atoms with Gasteiger partial charge in [0.25, 0.3) is 0 Å². The van der Waals surface area contributed by atoms with Gasteiger partial charge in [-0.15, -0.1) is 12.3 Å². The molecule has 0 aliphatic heterocycles. The van der Waals surface area contributed by atoms with Gasteiger partial charge in [0, 0.05) is 12.3 Å². The monoisotopic (exact) mass is 679 g/mol. The van der Waals surface area contributed by atoms with Crippen molar-refractivity contribution in [3.8, 4) is 12.3 Å². The molecule has 0 aromatic heterocycles. The van der Waals surface area contributed by atoms with E-state index in [0.717, 1.165) is 38.0 Å². The minimum Gasteiger partial charge on any atom is -0.389 e. The van der Waals surface area contributed by atoms with Gasteiger partial charge in [0.15, 0.2) is 5.78 Å². The van der Waals surface area contributed by atoms with E-state index in [1.165, 1.54) is 65.5 Å². The van der Waals surface area contributed by atoms with Crippen molar-refractivity contribution in [3.63, 3.8) is 0 Å². The van der Waals surface area contributed by atoms with Crippen molar-refractivity contribution in [2.45, 2.75) is 151 Å². The van der Waals surface area contributed by atoms with Crippen LogP contribution in [0.15, 0.2) is 71.8 Å². The summed E-state index contributed by atoms with van der Waals surface area (Å²) in [4.78, 5) is 11.9. The van der Waals surface area contributed by atoms with Gasteiger partial charge < -0.3 is 5.11 Å². The first-order valence-corrected chi connectivity index (χ1v) is 19.7. The van der Waals surface area contributed by atoms with Gasteiger partial charge in [0.1, 0.15) is 6.61 Å². The van der Waals surface area contributed by atoms with Crippen LogP contribution in [0.25, 0.3) is 11.1 Å². The summed E-state index contributed by atoms with van der Waals surface area (Å²) in [7, 11) is 0. The molecule has 2 aromatic rings. The molecule has 2 aromatic carbocycles. The molecule has 0 bridgehead atoms. The van der Waals surface area contributed by atoms with E-state index in [-0.39, 0.29) is 29.1 Å². The van der Waals surface area contributed by atoms with E-state index in [9.17, 15) is 9.90 Å². The molecule has 0 saturated heterocycles. The molecular weight excluding hydrogens is 609 g/mol. The number of aliphatic hydroxyl groups excluding tert-OH is 1. The second-order valence-electron chi connectivity index (χ2n) is 16.1. The van der Waals surface area contributed by atoms with Gasteiger partial charge in [-0.2, -0.15) is 0 Å². The summed E-state index contributed by atoms with van der Waals surface area (Å²) in [6.45, 7) is 23.8. The molecule has 0 spiro atoms. The topological polar surface area (TPSA) is 37.3 Å². The van der Waals surface area contributed by atoms with E-state index in [2.05, 4.69) is 122 Å². The first kappa shape index (κ1) is 43.0. The molecule has 2 aliphatic carbocycles. The first-order valence-electron chi connectivity index (χ1n) is 19.7. The Morgan fingerprint density at radius 1 is 0.840 bits per heavy atom. The van der Waals surface area contributed by atoms with E-state index in [0.29, 0.717) is 5.92 Å².